The Morgan fingerprint density at radius 3 is 2.93 bits per heavy atom. The summed E-state index contributed by atoms with van der Waals surface area (Å²) in [4.78, 5) is 13.5. The Hall–Kier alpha value is -0.280. The van der Waals surface area contributed by atoms with Gasteiger partial charge in [0.15, 0.2) is 0 Å². The van der Waals surface area contributed by atoms with E-state index in [1.807, 2.05) is 6.92 Å². The predicted molar refractivity (Wildman–Crippen MR) is 56.4 cm³/mol. The van der Waals surface area contributed by atoms with E-state index in [0.29, 0.717) is 6.42 Å². The lowest BCUT2D eigenvalue weighted by Gasteiger charge is -2.35. The van der Waals surface area contributed by atoms with Crippen LogP contribution < -0.4 is 0 Å². The minimum absolute atomic E-state index is 0.0101. The summed E-state index contributed by atoms with van der Waals surface area (Å²) in [6, 6.07) is -0.0101. The summed E-state index contributed by atoms with van der Waals surface area (Å²) in [5.74, 6) is -0.0204. The zero-order chi connectivity index (χ0) is 10.6. The van der Waals surface area contributed by atoms with Gasteiger partial charge in [0.25, 0.3) is 0 Å². The number of nitrogens with zero attached hydrogens (tertiary/aromatic N) is 1. The van der Waals surface area contributed by atoms with Crippen molar-refractivity contribution in [1.29, 1.82) is 0 Å². The van der Waals surface area contributed by atoms with Gasteiger partial charge in [0.2, 0.25) is 5.91 Å². The average Bonchev–Trinajstić information content (AvgIpc) is 2.26. The van der Waals surface area contributed by atoms with Gasteiger partial charge in [0.05, 0.1) is 12.6 Å². The van der Waals surface area contributed by atoms with Gasteiger partial charge in [0.1, 0.15) is 5.38 Å². The Labute approximate surface area is 90.0 Å². The van der Waals surface area contributed by atoms with Crippen molar-refractivity contribution < 1.29 is 9.90 Å². The van der Waals surface area contributed by atoms with Crippen molar-refractivity contribution in [1.82, 2.24) is 4.90 Å². The zero-order valence-corrected chi connectivity index (χ0v) is 9.33. The molecule has 0 spiro atoms. The van der Waals surface area contributed by atoms with Crippen molar-refractivity contribution in [3.8, 4) is 0 Å². The molecule has 0 radical (unpaired) electrons. The third kappa shape index (κ3) is 2.61. The quantitative estimate of drug-likeness (QED) is 0.729. The lowest BCUT2D eigenvalue weighted by Crippen LogP contribution is -2.48. The highest BCUT2D eigenvalue weighted by atomic mass is 35.5. The van der Waals surface area contributed by atoms with Gasteiger partial charge in [-0.25, -0.2) is 0 Å². The third-order valence-corrected chi connectivity index (χ3v) is 3.24. The molecular formula is C10H18ClNO2. The molecule has 0 aliphatic carbocycles. The lowest BCUT2D eigenvalue weighted by molar-refractivity contribution is -0.135. The predicted octanol–water partition coefficient (Wildman–Crippen LogP) is 1.38. The first-order valence-corrected chi connectivity index (χ1v) is 5.69. The highest BCUT2D eigenvalue weighted by Gasteiger charge is 2.29. The summed E-state index contributed by atoms with van der Waals surface area (Å²) < 4.78 is 0. The van der Waals surface area contributed by atoms with Crippen LogP contribution in [0.5, 0.6) is 0 Å². The highest BCUT2D eigenvalue weighted by molar-refractivity contribution is 6.30. The van der Waals surface area contributed by atoms with E-state index in [1.54, 1.807) is 4.90 Å². The summed E-state index contributed by atoms with van der Waals surface area (Å²) in [6.45, 7) is 2.69. The largest absolute Gasteiger partial charge is 0.394 e. The molecule has 4 heteroatoms. The second kappa shape index (κ2) is 5.56. The summed E-state index contributed by atoms with van der Waals surface area (Å²) in [5, 5.41) is 8.70. The molecule has 2 atom stereocenters. The summed E-state index contributed by atoms with van der Waals surface area (Å²) in [6.07, 6.45) is 3.66. The molecule has 1 N–H and O–H groups in total. The summed E-state index contributed by atoms with van der Waals surface area (Å²) >= 11 is 5.90. The number of hydrogen-bond donors (Lipinski definition) is 1. The van der Waals surface area contributed by atoms with E-state index in [4.69, 9.17) is 16.7 Å². The lowest BCUT2D eigenvalue weighted by atomic mass is 10.0. The molecule has 1 amide bonds. The van der Waals surface area contributed by atoms with Crippen LogP contribution in [0.2, 0.25) is 0 Å². The van der Waals surface area contributed by atoms with Gasteiger partial charge >= 0.3 is 0 Å². The Morgan fingerprint density at radius 2 is 2.36 bits per heavy atom. The molecule has 1 fully saturated rings. The number of amides is 1. The molecule has 1 saturated heterocycles. The number of piperidine rings is 1. The Balaban J connectivity index is 2.58. The standard InChI is InChI=1S/C10H18ClNO2/c1-2-9(11)10(14)12-6-4-3-5-8(12)7-13/h8-9,13H,2-7H2,1H3. The van der Waals surface area contributed by atoms with E-state index in [2.05, 4.69) is 0 Å². The average molecular weight is 220 g/mol. The Kier molecular flexibility index (Phi) is 4.69. The van der Waals surface area contributed by atoms with Gasteiger partial charge < -0.3 is 10.0 Å². The molecule has 1 aliphatic heterocycles. The van der Waals surface area contributed by atoms with E-state index in [0.717, 1.165) is 25.8 Å². The molecule has 0 aromatic carbocycles. The first kappa shape index (κ1) is 11.8. The third-order valence-electron chi connectivity index (χ3n) is 2.75. The zero-order valence-electron chi connectivity index (χ0n) is 8.58. The molecule has 1 aliphatic rings. The highest BCUT2D eigenvalue weighted by Crippen LogP contribution is 2.19. The van der Waals surface area contributed by atoms with E-state index in [9.17, 15) is 4.79 Å². The van der Waals surface area contributed by atoms with Crippen LogP contribution >= 0.6 is 11.6 Å². The fourth-order valence-corrected chi connectivity index (χ4v) is 1.96. The number of carbonyl (C=O) groups excluding carboxylic acids is 1. The second-order valence-corrected chi connectivity index (χ2v) is 4.27. The van der Waals surface area contributed by atoms with Gasteiger partial charge in [-0.05, 0) is 25.7 Å². The fourth-order valence-electron chi connectivity index (χ4n) is 1.84. The number of likely N-dealkylation sites (tertiary alicyclic amines) is 1. The van der Waals surface area contributed by atoms with Gasteiger partial charge in [-0.2, -0.15) is 0 Å². The van der Waals surface area contributed by atoms with Gasteiger partial charge in [-0.15, -0.1) is 11.6 Å². The fraction of sp³-hybridized carbons (Fsp3) is 0.900. The van der Waals surface area contributed by atoms with Crippen LogP contribution in [0.15, 0.2) is 0 Å². The number of carbonyl (C=O) groups is 1. The molecule has 1 rings (SSSR count). The molecule has 2 unspecified atom stereocenters. The maximum Gasteiger partial charge on any atom is 0.240 e. The first-order valence-electron chi connectivity index (χ1n) is 5.26. The van der Waals surface area contributed by atoms with Crippen LogP contribution in [0.1, 0.15) is 32.6 Å². The van der Waals surface area contributed by atoms with E-state index < -0.39 is 5.38 Å². The molecule has 0 saturated carbocycles. The van der Waals surface area contributed by atoms with Crippen LogP contribution in [0, 0.1) is 0 Å². The van der Waals surface area contributed by atoms with Crippen molar-refractivity contribution in [2.45, 2.75) is 44.0 Å². The summed E-state index contributed by atoms with van der Waals surface area (Å²) in [5.41, 5.74) is 0. The van der Waals surface area contributed by atoms with Crippen molar-refractivity contribution in [3.63, 3.8) is 0 Å². The molecule has 0 bridgehead atoms. The monoisotopic (exact) mass is 219 g/mol. The molecular weight excluding hydrogens is 202 g/mol. The van der Waals surface area contributed by atoms with Crippen LogP contribution in [0.25, 0.3) is 0 Å². The number of halogens is 1. The number of hydrogen-bond acceptors (Lipinski definition) is 2. The van der Waals surface area contributed by atoms with Crippen molar-refractivity contribution >= 4 is 17.5 Å². The number of alkyl halides is 1. The van der Waals surface area contributed by atoms with Crippen molar-refractivity contribution in [2.24, 2.45) is 0 Å². The molecule has 82 valence electrons. The normalized spacial score (nSPS) is 24.8. The van der Waals surface area contributed by atoms with Crippen LogP contribution in [-0.4, -0.2) is 40.5 Å². The SMILES string of the molecule is CCC(Cl)C(=O)N1CCCCC1CO. The Bertz CT molecular complexity index is 199. The number of rotatable bonds is 3. The number of aliphatic hydroxyl groups excluding tert-OH is 1. The van der Waals surface area contributed by atoms with E-state index in [-0.39, 0.29) is 18.6 Å². The Morgan fingerprint density at radius 1 is 1.64 bits per heavy atom. The maximum atomic E-state index is 11.8. The molecule has 1 heterocycles. The van der Waals surface area contributed by atoms with Crippen LogP contribution in [0.4, 0.5) is 0 Å². The van der Waals surface area contributed by atoms with Crippen LogP contribution in [-0.2, 0) is 4.79 Å². The topological polar surface area (TPSA) is 40.5 Å². The molecule has 0 aromatic heterocycles. The second-order valence-electron chi connectivity index (χ2n) is 3.74. The first-order chi connectivity index (χ1) is 6.70. The van der Waals surface area contributed by atoms with Crippen molar-refractivity contribution in [3.05, 3.63) is 0 Å². The van der Waals surface area contributed by atoms with E-state index >= 15 is 0 Å². The smallest absolute Gasteiger partial charge is 0.240 e. The minimum atomic E-state index is -0.429. The van der Waals surface area contributed by atoms with Gasteiger partial charge in [-0.3, -0.25) is 4.79 Å². The molecule has 0 aromatic rings. The number of aliphatic hydroxyl groups is 1. The maximum absolute atomic E-state index is 11.8. The molecule has 3 nitrogen and oxygen atoms in total. The van der Waals surface area contributed by atoms with Gasteiger partial charge in [0, 0.05) is 6.54 Å². The van der Waals surface area contributed by atoms with E-state index in [1.165, 1.54) is 0 Å². The molecule has 14 heavy (non-hydrogen) atoms. The van der Waals surface area contributed by atoms with Crippen molar-refractivity contribution in [2.75, 3.05) is 13.2 Å². The summed E-state index contributed by atoms with van der Waals surface area (Å²) in [7, 11) is 0. The minimum Gasteiger partial charge on any atom is -0.394 e. The van der Waals surface area contributed by atoms with Gasteiger partial charge in [-0.1, -0.05) is 6.92 Å². The van der Waals surface area contributed by atoms with Crippen LogP contribution in [0.3, 0.4) is 0 Å².